The molecule has 0 aromatic heterocycles. The summed E-state index contributed by atoms with van der Waals surface area (Å²) in [6.07, 6.45) is -1.81. The van der Waals surface area contributed by atoms with Crippen LogP contribution in [-0.2, 0) is 25.7 Å². The lowest BCUT2D eigenvalue weighted by molar-refractivity contribution is -0.141. The zero-order valence-corrected chi connectivity index (χ0v) is 15.3. The molecule has 26 heavy (non-hydrogen) atoms. The first-order chi connectivity index (χ1) is 12.2. The molecule has 1 unspecified atom stereocenters. The Labute approximate surface area is 151 Å². The van der Waals surface area contributed by atoms with Crippen LogP contribution in [0.5, 0.6) is 0 Å². The molecule has 146 valence electrons. The number of halogens is 3. The average molecular weight is 393 g/mol. The van der Waals surface area contributed by atoms with Crippen molar-refractivity contribution >= 4 is 16.0 Å². The lowest BCUT2D eigenvalue weighted by Crippen LogP contribution is -2.44. The third-order valence-corrected chi connectivity index (χ3v) is 6.51. The molecule has 1 fully saturated rings. The number of carbonyl (C=O) groups excluding carboxylic acids is 1. The second kappa shape index (κ2) is 8.39. The van der Waals surface area contributed by atoms with E-state index in [1.54, 1.807) is 0 Å². The highest BCUT2D eigenvalue weighted by Gasteiger charge is 2.41. The van der Waals surface area contributed by atoms with Crippen molar-refractivity contribution < 1.29 is 31.1 Å². The number of nitrogens with zero attached hydrogens (tertiary/aromatic N) is 1. The van der Waals surface area contributed by atoms with Crippen LogP contribution >= 0.6 is 0 Å². The van der Waals surface area contributed by atoms with Gasteiger partial charge in [0.15, 0.2) is 0 Å². The van der Waals surface area contributed by atoms with Crippen LogP contribution < -0.4 is 0 Å². The molecule has 1 atom stereocenters. The van der Waals surface area contributed by atoms with E-state index in [9.17, 15) is 26.4 Å². The van der Waals surface area contributed by atoms with Crippen LogP contribution in [0, 0.1) is 0 Å². The molecule has 0 radical (unpaired) electrons. The molecule has 0 N–H and O–H groups in total. The SMILES string of the molecule is COC(=O)CCCC1CCCCN1S(=O)(=O)c1ccccc1C(F)(F)F. The van der Waals surface area contributed by atoms with Gasteiger partial charge in [-0.05, 0) is 37.8 Å². The van der Waals surface area contributed by atoms with Crippen molar-refractivity contribution in [2.75, 3.05) is 13.7 Å². The molecular formula is C17H22F3NO4S. The third-order valence-electron chi connectivity index (χ3n) is 4.50. The summed E-state index contributed by atoms with van der Waals surface area (Å²) in [5.74, 6) is -0.391. The minimum Gasteiger partial charge on any atom is -0.469 e. The van der Waals surface area contributed by atoms with E-state index in [2.05, 4.69) is 4.74 Å². The van der Waals surface area contributed by atoms with Gasteiger partial charge in [0.05, 0.1) is 17.6 Å². The van der Waals surface area contributed by atoms with Crippen LogP contribution in [0.1, 0.15) is 44.1 Å². The topological polar surface area (TPSA) is 63.7 Å². The lowest BCUT2D eigenvalue weighted by atomic mass is 10.00. The zero-order chi connectivity index (χ0) is 19.4. The van der Waals surface area contributed by atoms with Crippen LogP contribution in [-0.4, -0.2) is 38.4 Å². The highest BCUT2D eigenvalue weighted by molar-refractivity contribution is 7.89. The van der Waals surface area contributed by atoms with Crippen LogP contribution in [0.3, 0.4) is 0 Å². The van der Waals surface area contributed by atoms with Gasteiger partial charge in [-0.2, -0.15) is 17.5 Å². The van der Waals surface area contributed by atoms with Gasteiger partial charge < -0.3 is 4.74 Å². The smallest absolute Gasteiger partial charge is 0.417 e. The van der Waals surface area contributed by atoms with Gasteiger partial charge in [0.1, 0.15) is 0 Å². The number of benzene rings is 1. The highest BCUT2D eigenvalue weighted by atomic mass is 32.2. The number of rotatable bonds is 6. The van der Waals surface area contributed by atoms with Crippen molar-refractivity contribution in [2.24, 2.45) is 0 Å². The van der Waals surface area contributed by atoms with E-state index in [1.807, 2.05) is 0 Å². The van der Waals surface area contributed by atoms with Crippen LogP contribution in [0.15, 0.2) is 29.2 Å². The van der Waals surface area contributed by atoms with Crippen molar-refractivity contribution in [1.29, 1.82) is 0 Å². The normalized spacial score (nSPS) is 19.3. The first-order valence-electron chi connectivity index (χ1n) is 8.43. The van der Waals surface area contributed by atoms with Gasteiger partial charge in [0, 0.05) is 19.0 Å². The Hall–Kier alpha value is -1.61. The maximum atomic E-state index is 13.2. The van der Waals surface area contributed by atoms with Crippen LogP contribution in [0.25, 0.3) is 0 Å². The van der Waals surface area contributed by atoms with E-state index in [0.29, 0.717) is 25.7 Å². The second-order valence-electron chi connectivity index (χ2n) is 6.23. The molecule has 1 aliphatic heterocycles. The van der Waals surface area contributed by atoms with E-state index in [0.717, 1.165) is 18.6 Å². The molecular weight excluding hydrogens is 371 g/mol. The number of carbonyl (C=O) groups is 1. The molecule has 0 spiro atoms. The Bertz CT molecular complexity index is 734. The average Bonchev–Trinajstić information content (AvgIpc) is 2.61. The summed E-state index contributed by atoms with van der Waals surface area (Å²) in [6, 6.07) is 3.82. The van der Waals surface area contributed by atoms with Gasteiger partial charge in [-0.25, -0.2) is 8.42 Å². The summed E-state index contributed by atoms with van der Waals surface area (Å²) in [5, 5.41) is 0. The molecule has 0 amide bonds. The molecule has 1 aromatic carbocycles. The first kappa shape index (κ1) is 20.7. The third kappa shape index (κ3) is 4.76. The van der Waals surface area contributed by atoms with E-state index in [1.165, 1.54) is 23.5 Å². The maximum Gasteiger partial charge on any atom is 0.417 e. The van der Waals surface area contributed by atoms with E-state index in [-0.39, 0.29) is 13.0 Å². The molecule has 5 nitrogen and oxygen atoms in total. The lowest BCUT2D eigenvalue weighted by Gasteiger charge is -2.35. The van der Waals surface area contributed by atoms with Crippen molar-refractivity contribution in [3.63, 3.8) is 0 Å². The summed E-state index contributed by atoms with van der Waals surface area (Å²) in [6.45, 7) is 0.178. The van der Waals surface area contributed by atoms with E-state index >= 15 is 0 Å². The predicted octanol–water partition coefficient (Wildman–Crippen LogP) is 3.59. The molecule has 1 aliphatic rings. The molecule has 0 saturated carbocycles. The van der Waals surface area contributed by atoms with Gasteiger partial charge in [-0.3, -0.25) is 4.79 Å². The summed E-state index contributed by atoms with van der Waals surface area (Å²) in [4.78, 5) is 10.5. The van der Waals surface area contributed by atoms with Crippen LogP contribution in [0.4, 0.5) is 13.2 Å². The number of ether oxygens (including phenoxy) is 1. The Morgan fingerprint density at radius 2 is 1.96 bits per heavy atom. The number of sulfonamides is 1. The minimum absolute atomic E-state index is 0.153. The summed E-state index contributed by atoms with van der Waals surface area (Å²) in [7, 11) is -3.01. The molecule has 0 bridgehead atoms. The Morgan fingerprint density at radius 1 is 1.27 bits per heavy atom. The van der Waals surface area contributed by atoms with Gasteiger partial charge >= 0.3 is 12.1 Å². The highest BCUT2D eigenvalue weighted by Crippen LogP contribution is 2.37. The monoisotopic (exact) mass is 393 g/mol. The minimum atomic E-state index is -4.75. The van der Waals surface area contributed by atoms with Crippen LogP contribution in [0.2, 0.25) is 0 Å². The molecule has 1 saturated heterocycles. The number of esters is 1. The van der Waals surface area contributed by atoms with E-state index in [4.69, 9.17) is 0 Å². The van der Waals surface area contributed by atoms with Crippen molar-refractivity contribution in [3.8, 4) is 0 Å². The summed E-state index contributed by atoms with van der Waals surface area (Å²) < 4.78 is 71.3. The number of methoxy groups -OCH3 is 1. The predicted molar refractivity (Wildman–Crippen MR) is 88.8 cm³/mol. The summed E-state index contributed by atoms with van der Waals surface area (Å²) in [5.41, 5.74) is -1.15. The molecule has 9 heteroatoms. The largest absolute Gasteiger partial charge is 0.469 e. The fraction of sp³-hybridized carbons (Fsp3) is 0.588. The van der Waals surface area contributed by atoms with Gasteiger partial charge in [0.2, 0.25) is 10.0 Å². The molecule has 1 aromatic rings. The fourth-order valence-corrected chi connectivity index (χ4v) is 5.15. The zero-order valence-electron chi connectivity index (χ0n) is 14.5. The fourth-order valence-electron chi connectivity index (χ4n) is 3.22. The van der Waals surface area contributed by atoms with Gasteiger partial charge in [0.25, 0.3) is 0 Å². The number of alkyl halides is 3. The molecule has 1 heterocycles. The van der Waals surface area contributed by atoms with Gasteiger partial charge in [-0.1, -0.05) is 18.6 Å². The maximum absolute atomic E-state index is 13.2. The summed E-state index contributed by atoms with van der Waals surface area (Å²) >= 11 is 0. The van der Waals surface area contributed by atoms with Gasteiger partial charge in [-0.15, -0.1) is 0 Å². The van der Waals surface area contributed by atoms with Crippen molar-refractivity contribution in [1.82, 2.24) is 4.31 Å². The van der Waals surface area contributed by atoms with Crippen molar-refractivity contribution in [2.45, 2.75) is 55.6 Å². The Balaban J connectivity index is 2.27. The second-order valence-corrected chi connectivity index (χ2v) is 8.09. The molecule has 0 aliphatic carbocycles. The number of piperidine rings is 1. The number of hydrogen-bond donors (Lipinski definition) is 0. The molecule has 2 rings (SSSR count). The van der Waals surface area contributed by atoms with E-state index < -0.39 is 38.7 Å². The van der Waals surface area contributed by atoms with Crippen molar-refractivity contribution in [3.05, 3.63) is 29.8 Å². The standard InChI is InChI=1S/C17H22F3NO4S/c1-25-16(22)11-6-8-13-7-4-5-12-21(13)26(23,24)15-10-3-2-9-14(15)17(18,19)20/h2-3,9-10,13H,4-8,11-12H2,1H3. The Morgan fingerprint density at radius 3 is 2.62 bits per heavy atom. The number of hydrogen-bond acceptors (Lipinski definition) is 4. The first-order valence-corrected chi connectivity index (χ1v) is 9.87. The Kier molecular flexibility index (Phi) is 6.68. The quantitative estimate of drug-likeness (QED) is 0.693.